The lowest BCUT2D eigenvalue weighted by Gasteiger charge is -2.26. The second kappa shape index (κ2) is 6.30. The van der Waals surface area contributed by atoms with Crippen LogP contribution in [0.2, 0.25) is 0 Å². The molecule has 3 rings (SSSR count). The summed E-state index contributed by atoms with van der Waals surface area (Å²) in [6.07, 6.45) is 3.24. The number of pyridine rings is 1. The molecule has 5 heteroatoms. The Labute approximate surface area is 135 Å². The van der Waals surface area contributed by atoms with Crippen molar-refractivity contribution in [2.75, 3.05) is 14.1 Å². The predicted octanol–water partition coefficient (Wildman–Crippen LogP) is 2.40. The van der Waals surface area contributed by atoms with Crippen molar-refractivity contribution in [3.63, 3.8) is 0 Å². The van der Waals surface area contributed by atoms with Gasteiger partial charge in [0.1, 0.15) is 0 Å². The summed E-state index contributed by atoms with van der Waals surface area (Å²) in [6.45, 7) is 2.63. The van der Waals surface area contributed by atoms with E-state index in [0.29, 0.717) is 17.6 Å². The van der Waals surface area contributed by atoms with Crippen molar-refractivity contribution in [2.45, 2.75) is 19.5 Å². The zero-order valence-electron chi connectivity index (χ0n) is 13.6. The van der Waals surface area contributed by atoms with Crippen molar-refractivity contribution >= 4 is 11.0 Å². The molecular formula is C18H20N4O. The predicted molar refractivity (Wildman–Crippen MR) is 91.4 cm³/mol. The highest BCUT2D eigenvalue weighted by Gasteiger charge is 2.18. The summed E-state index contributed by atoms with van der Waals surface area (Å²) in [7, 11) is 4.05. The lowest BCUT2D eigenvalue weighted by atomic mass is 10.0. The van der Waals surface area contributed by atoms with Gasteiger partial charge < -0.3 is 4.90 Å². The molecule has 2 heterocycles. The first-order valence-corrected chi connectivity index (χ1v) is 7.60. The van der Waals surface area contributed by atoms with Crippen LogP contribution in [0.1, 0.15) is 17.2 Å². The summed E-state index contributed by atoms with van der Waals surface area (Å²) in [5, 5.41) is 0. The van der Waals surface area contributed by atoms with Crippen molar-refractivity contribution in [1.82, 2.24) is 19.4 Å². The Morgan fingerprint density at radius 3 is 2.65 bits per heavy atom. The van der Waals surface area contributed by atoms with E-state index in [1.54, 1.807) is 29.2 Å². The highest BCUT2D eigenvalue weighted by atomic mass is 16.1. The van der Waals surface area contributed by atoms with Gasteiger partial charge in [0.05, 0.1) is 17.9 Å². The maximum atomic E-state index is 12.6. The minimum atomic E-state index is -0.101. The molecule has 5 nitrogen and oxygen atoms in total. The van der Waals surface area contributed by atoms with Crippen LogP contribution >= 0.6 is 0 Å². The third kappa shape index (κ3) is 3.00. The Morgan fingerprint density at radius 1 is 1.13 bits per heavy atom. The van der Waals surface area contributed by atoms with E-state index in [9.17, 15) is 4.79 Å². The lowest BCUT2D eigenvalue weighted by molar-refractivity contribution is 0.265. The third-order valence-corrected chi connectivity index (χ3v) is 4.13. The average molecular weight is 308 g/mol. The van der Waals surface area contributed by atoms with Gasteiger partial charge >= 0.3 is 0 Å². The maximum Gasteiger partial charge on any atom is 0.279 e. The second-order valence-corrected chi connectivity index (χ2v) is 5.91. The molecule has 23 heavy (non-hydrogen) atoms. The fourth-order valence-electron chi connectivity index (χ4n) is 2.80. The molecule has 0 aliphatic rings. The monoisotopic (exact) mass is 308 g/mol. The highest BCUT2D eigenvalue weighted by Crippen LogP contribution is 2.23. The molecule has 0 saturated heterocycles. The van der Waals surface area contributed by atoms with Crippen molar-refractivity contribution in [3.8, 4) is 0 Å². The van der Waals surface area contributed by atoms with Crippen molar-refractivity contribution < 1.29 is 0 Å². The van der Waals surface area contributed by atoms with Gasteiger partial charge in [-0.1, -0.05) is 24.3 Å². The summed E-state index contributed by atoms with van der Waals surface area (Å²) in [4.78, 5) is 23.3. The summed E-state index contributed by atoms with van der Waals surface area (Å²) < 4.78 is 1.65. The summed E-state index contributed by atoms with van der Waals surface area (Å²) in [6, 6.07) is 11.9. The van der Waals surface area contributed by atoms with E-state index in [-0.39, 0.29) is 11.6 Å². The normalized spacial score (nSPS) is 12.7. The van der Waals surface area contributed by atoms with Crippen molar-refractivity contribution in [2.24, 2.45) is 0 Å². The van der Waals surface area contributed by atoms with Crippen LogP contribution < -0.4 is 5.56 Å². The zero-order valence-corrected chi connectivity index (χ0v) is 13.6. The Balaban J connectivity index is 2.03. The molecular weight excluding hydrogens is 288 g/mol. The van der Waals surface area contributed by atoms with Crippen LogP contribution in [-0.2, 0) is 6.54 Å². The van der Waals surface area contributed by atoms with Crippen LogP contribution in [0.15, 0.2) is 53.7 Å². The molecule has 1 aromatic carbocycles. The molecule has 0 spiro atoms. The average Bonchev–Trinajstić information content (AvgIpc) is 2.55. The molecule has 118 valence electrons. The fraction of sp³-hybridized carbons (Fsp3) is 0.278. The SMILES string of the molecule is Cc1ccccc1C(Cn1cnc2cccnc2c1=O)N(C)C. The van der Waals surface area contributed by atoms with E-state index < -0.39 is 0 Å². The van der Waals surface area contributed by atoms with Gasteiger partial charge in [0.25, 0.3) is 5.56 Å². The van der Waals surface area contributed by atoms with Gasteiger partial charge in [-0.15, -0.1) is 0 Å². The van der Waals surface area contributed by atoms with Gasteiger partial charge in [0.2, 0.25) is 0 Å². The molecule has 2 aromatic heterocycles. The van der Waals surface area contributed by atoms with Crippen LogP contribution in [0.3, 0.4) is 0 Å². The minimum absolute atomic E-state index is 0.0943. The minimum Gasteiger partial charge on any atom is -0.301 e. The number of likely N-dealkylation sites (N-methyl/N-ethyl adjacent to an activating group) is 1. The smallest absolute Gasteiger partial charge is 0.279 e. The van der Waals surface area contributed by atoms with Crippen molar-refractivity contribution in [1.29, 1.82) is 0 Å². The van der Waals surface area contributed by atoms with Gasteiger partial charge in [-0.25, -0.2) is 9.97 Å². The number of fused-ring (bicyclic) bond motifs is 1. The summed E-state index contributed by atoms with van der Waals surface area (Å²) >= 11 is 0. The fourth-order valence-corrected chi connectivity index (χ4v) is 2.80. The zero-order chi connectivity index (χ0) is 16.4. The highest BCUT2D eigenvalue weighted by molar-refractivity contribution is 5.71. The number of aryl methyl sites for hydroxylation is 1. The van der Waals surface area contributed by atoms with E-state index >= 15 is 0 Å². The molecule has 3 aromatic rings. The van der Waals surface area contributed by atoms with Gasteiger partial charge in [0, 0.05) is 12.7 Å². The van der Waals surface area contributed by atoms with E-state index in [1.807, 2.05) is 26.2 Å². The maximum absolute atomic E-state index is 12.6. The largest absolute Gasteiger partial charge is 0.301 e. The van der Waals surface area contributed by atoms with E-state index in [4.69, 9.17) is 0 Å². The number of hydrogen-bond acceptors (Lipinski definition) is 4. The second-order valence-electron chi connectivity index (χ2n) is 5.91. The number of nitrogens with zero attached hydrogens (tertiary/aromatic N) is 4. The molecule has 0 aliphatic carbocycles. The molecule has 0 bridgehead atoms. The van der Waals surface area contributed by atoms with Gasteiger partial charge in [-0.3, -0.25) is 9.36 Å². The van der Waals surface area contributed by atoms with Crippen LogP contribution in [0, 0.1) is 6.92 Å². The van der Waals surface area contributed by atoms with Crippen LogP contribution in [0.4, 0.5) is 0 Å². The number of aromatic nitrogens is 3. The van der Waals surface area contributed by atoms with E-state index in [1.165, 1.54) is 11.1 Å². The Bertz CT molecular complexity index is 885. The summed E-state index contributed by atoms with van der Waals surface area (Å²) in [5.41, 5.74) is 3.37. The first-order valence-electron chi connectivity index (χ1n) is 7.60. The Hall–Kier alpha value is -2.53. The quantitative estimate of drug-likeness (QED) is 0.742. The van der Waals surface area contributed by atoms with Gasteiger partial charge in [-0.05, 0) is 44.3 Å². The molecule has 0 saturated carbocycles. The van der Waals surface area contributed by atoms with Crippen LogP contribution in [0.25, 0.3) is 11.0 Å². The van der Waals surface area contributed by atoms with Crippen molar-refractivity contribution in [3.05, 3.63) is 70.4 Å². The van der Waals surface area contributed by atoms with E-state index in [0.717, 1.165) is 0 Å². The third-order valence-electron chi connectivity index (χ3n) is 4.13. The molecule has 0 N–H and O–H groups in total. The molecule has 0 radical (unpaired) electrons. The van der Waals surface area contributed by atoms with Crippen LogP contribution in [0.5, 0.6) is 0 Å². The molecule has 0 amide bonds. The molecule has 0 aliphatic heterocycles. The van der Waals surface area contributed by atoms with Gasteiger partial charge in [-0.2, -0.15) is 0 Å². The number of hydrogen-bond donors (Lipinski definition) is 0. The van der Waals surface area contributed by atoms with Crippen LogP contribution in [-0.4, -0.2) is 33.5 Å². The summed E-state index contributed by atoms with van der Waals surface area (Å²) in [5.74, 6) is 0. The lowest BCUT2D eigenvalue weighted by Crippen LogP contribution is -2.30. The first kappa shape index (κ1) is 15.4. The standard InChI is InChI=1S/C18H20N4O/c1-13-7-4-5-8-14(13)16(21(2)3)11-22-12-20-15-9-6-10-19-17(15)18(22)23/h4-10,12,16H,11H2,1-3H3. The molecule has 0 fully saturated rings. The molecule has 1 unspecified atom stereocenters. The molecule has 1 atom stereocenters. The Kier molecular flexibility index (Phi) is 4.21. The number of benzene rings is 1. The first-order chi connectivity index (χ1) is 11.1. The Morgan fingerprint density at radius 2 is 1.91 bits per heavy atom. The van der Waals surface area contributed by atoms with E-state index in [2.05, 4.69) is 33.9 Å². The topological polar surface area (TPSA) is 51.0 Å². The van der Waals surface area contributed by atoms with Gasteiger partial charge in [0.15, 0.2) is 5.52 Å². The number of rotatable bonds is 4.